The highest BCUT2D eigenvalue weighted by molar-refractivity contribution is 5.31. The average molecular weight is 160 g/mol. The van der Waals surface area contributed by atoms with Crippen LogP contribution in [0.1, 0.15) is 30.0 Å². The van der Waals surface area contributed by atoms with Gasteiger partial charge in [-0.3, -0.25) is 0 Å². The van der Waals surface area contributed by atoms with Gasteiger partial charge in [0.15, 0.2) is 0 Å². The Balaban J connectivity index is 2.37. The van der Waals surface area contributed by atoms with Crippen molar-refractivity contribution in [1.82, 2.24) is 5.32 Å². The third-order valence-corrected chi connectivity index (χ3v) is 2.65. The van der Waals surface area contributed by atoms with Gasteiger partial charge >= 0.3 is 0 Å². The smallest absolute Gasteiger partial charge is 0.0495 e. The van der Waals surface area contributed by atoms with Gasteiger partial charge < -0.3 is 0 Å². The Morgan fingerprint density at radius 2 is 2.17 bits per heavy atom. The summed E-state index contributed by atoms with van der Waals surface area (Å²) in [5.41, 5.74) is 2.95. The van der Waals surface area contributed by atoms with Crippen molar-refractivity contribution < 1.29 is 0 Å². The summed E-state index contributed by atoms with van der Waals surface area (Å²) in [6.07, 6.45) is 3.76. The molecular weight excluding hydrogens is 146 g/mol. The van der Waals surface area contributed by atoms with Gasteiger partial charge in [-0.15, -0.1) is 0 Å². The molecule has 1 aliphatic carbocycles. The Morgan fingerprint density at radius 1 is 1.33 bits per heavy atom. The molecule has 0 unspecified atom stereocenters. The van der Waals surface area contributed by atoms with E-state index in [4.69, 9.17) is 0 Å². The predicted octanol–water partition coefficient (Wildman–Crippen LogP) is 2.30. The molecule has 0 amide bonds. The normalized spacial score (nSPS) is 21.9. The maximum Gasteiger partial charge on any atom is 0.0495 e. The van der Waals surface area contributed by atoms with Crippen LogP contribution in [0.2, 0.25) is 0 Å². The molecule has 1 aliphatic rings. The highest BCUT2D eigenvalue weighted by Gasteiger charge is 2.17. The molecule has 0 N–H and O–H groups in total. The maximum atomic E-state index is 4.39. The number of nitrogens with zero attached hydrogens (tertiary/aromatic N) is 1. The van der Waals surface area contributed by atoms with Crippen molar-refractivity contribution in [2.24, 2.45) is 0 Å². The summed E-state index contributed by atoms with van der Waals surface area (Å²) in [4.78, 5) is 0. The first-order valence-electron chi connectivity index (χ1n) is 4.58. The molecule has 0 aromatic heterocycles. The molecule has 0 aliphatic heterocycles. The molecule has 63 valence electrons. The van der Waals surface area contributed by atoms with E-state index in [0.29, 0.717) is 6.04 Å². The summed E-state index contributed by atoms with van der Waals surface area (Å²) in [5, 5.41) is 4.39. The first-order valence-corrected chi connectivity index (χ1v) is 4.58. The topological polar surface area (TPSA) is 14.1 Å². The van der Waals surface area contributed by atoms with Crippen LogP contribution in [0.15, 0.2) is 24.3 Å². The first kappa shape index (κ1) is 7.81. The standard InChI is InChI=1S/C11H14N/c1-12-11-8-4-6-9-5-2-3-7-10(9)11/h2-3,5,7,11H,4,6,8H2,1H3/t11-/m1/s1. The van der Waals surface area contributed by atoms with Gasteiger partial charge in [0, 0.05) is 13.1 Å². The summed E-state index contributed by atoms with van der Waals surface area (Å²) in [7, 11) is 1.92. The van der Waals surface area contributed by atoms with E-state index >= 15 is 0 Å². The molecule has 2 rings (SSSR count). The van der Waals surface area contributed by atoms with Crippen molar-refractivity contribution in [2.75, 3.05) is 7.05 Å². The van der Waals surface area contributed by atoms with Gasteiger partial charge in [-0.05, 0) is 30.4 Å². The van der Waals surface area contributed by atoms with Gasteiger partial charge in [0.05, 0.1) is 0 Å². The Labute approximate surface area is 73.8 Å². The molecule has 12 heavy (non-hydrogen) atoms. The van der Waals surface area contributed by atoms with Crippen LogP contribution in [0.5, 0.6) is 0 Å². The summed E-state index contributed by atoms with van der Waals surface area (Å²) in [6, 6.07) is 9.15. The zero-order valence-electron chi connectivity index (χ0n) is 7.46. The number of aryl methyl sites for hydroxylation is 1. The molecule has 0 spiro atoms. The Bertz CT molecular complexity index is 267. The van der Waals surface area contributed by atoms with Crippen molar-refractivity contribution in [1.29, 1.82) is 0 Å². The zero-order valence-corrected chi connectivity index (χ0v) is 7.46. The third kappa shape index (κ3) is 1.25. The number of fused-ring (bicyclic) bond motifs is 1. The van der Waals surface area contributed by atoms with Crippen molar-refractivity contribution in [3.63, 3.8) is 0 Å². The van der Waals surface area contributed by atoms with Gasteiger partial charge in [-0.2, -0.15) is 0 Å². The fraction of sp³-hybridized carbons (Fsp3) is 0.455. The van der Waals surface area contributed by atoms with E-state index < -0.39 is 0 Å². The molecule has 1 heteroatoms. The van der Waals surface area contributed by atoms with Crippen LogP contribution in [0, 0.1) is 0 Å². The van der Waals surface area contributed by atoms with Crippen LogP contribution in [-0.2, 0) is 6.42 Å². The monoisotopic (exact) mass is 160 g/mol. The number of rotatable bonds is 1. The van der Waals surface area contributed by atoms with Crippen molar-refractivity contribution in [2.45, 2.75) is 25.3 Å². The van der Waals surface area contributed by atoms with Gasteiger partial charge in [0.1, 0.15) is 0 Å². The van der Waals surface area contributed by atoms with E-state index in [2.05, 4.69) is 29.6 Å². The van der Waals surface area contributed by atoms with Gasteiger partial charge in [0.2, 0.25) is 0 Å². The Kier molecular flexibility index (Phi) is 2.13. The lowest BCUT2D eigenvalue weighted by Crippen LogP contribution is -2.16. The van der Waals surface area contributed by atoms with Crippen molar-refractivity contribution in [3.8, 4) is 0 Å². The van der Waals surface area contributed by atoms with Crippen molar-refractivity contribution >= 4 is 0 Å². The van der Waals surface area contributed by atoms with Crippen LogP contribution in [0.25, 0.3) is 0 Å². The van der Waals surface area contributed by atoms with Gasteiger partial charge in [-0.1, -0.05) is 24.3 Å². The minimum atomic E-state index is 0.468. The average Bonchev–Trinajstić information content (AvgIpc) is 2.17. The van der Waals surface area contributed by atoms with Crippen LogP contribution in [0.4, 0.5) is 0 Å². The first-order chi connectivity index (χ1) is 5.92. The second kappa shape index (κ2) is 3.28. The second-order valence-corrected chi connectivity index (χ2v) is 3.37. The Hall–Kier alpha value is -0.820. The molecular formula is C11H14N. The van der Waals surface area contributed by atoms with Crippen LogP contribution < -0.4 is 5.32 Å². The molecule has 0 heterocycles. The van der Waals surface area contributed by atoms with E-state index in [-0.39, 0.29) is 0 Å². The maximum absolute atomic E-state index is 4.39. The lowest BCUT2D eigenvalue weighted by Gasteiger charge is -2.23. The van der Waals surface area contributed by atoms with E-state index in [1.807, 2.05) is 7.05 Å². The molecule has 0 saturated carbocycles. The van der Waals surface area contributed by atoms with Gasteiger partial charge in [0.25, 0.3) is 0 Å². The lowest BCUT2D eigenvalue weighted by molar-refractivity contribution is 0.489. The minimum Gasteiger partial charge on any atom is -0.237 e. The summed E-state index contributed by atoms with van der Waals surface area (Å²) >= 11 is 0. The predicted molar refractivity (Wildman–Crippen MR) is 50.2 cm³/mol. The number of hydrogen-bond donors (Lipinski definition) is 0. The largest absolute Gasteiger partial charge is 0.237 e. The number of benzene rings is 1. The lowest BCUT2D eigenvalue weighted by atomic mass is 9.88. The molecule has 1 nitrogen and oxygen atoms in total. The highest BCUT2D eigenvalue weighted by atomic mass is 14.9. The van der Waals surface area contributed by atoms with E-state index in [9.17, 15) is 0 Å². The third-order valence-electron chi connectivity index (χ3n) is 2.65. The summed E-state index contributed by atoms with van der Waals surface area (Å²) in [5.74, 6) is 0. The molecule has 0 saturated heterocycles. The van der Waals surface area contributed by atoms with E-state index in [1.54, 1.807) is 0 Å². The molecule has 1 aromatic rings. The van der Waals surface area contributed by atoms with Crippen molar-refractivity contribution in [3.05, 3.63) is 35.4 Å². The van der Waals surface area contributed by atoms with Gasteiger partial charge in [-0.25, -0.2) is 5.32 Å². The molecule has 1 aromatic carbocycles. The molecule has 1 atom stereocenters. The van der Waals surface area contributed by atoms with Crippen LogP contribution >= 0.6 is 0 Å². The summed E-state index contributed by atoms with van der Waals surface area (Å²) in [6.45, 7) is 0. The molecule has 1 radical (unpaired) electrons. The molecule has 0 bridgehead atoms. The SMILES string of the molecule is C[N][C@@H]1CCCc2ccccc21. The number of hydrogen-bond acceptors (Lipinski definition) is 0. The fourth-order valence-corrected chi connectivity index (χ4v) is 2.00. The quantitative estimate of drug-likeness (QED) is 0.598. The second-order valence-electron chi connectivity index (χ2n) is 3.37. The zero-order chi connectivity index (χ0) is 8.39. The minimum absolute atomic E-state index is 0.468. The van der Waals surface area contributed by atoms with E-state index in [1.165, 1.54) is 30.4 Å². The van der Waals surface area contributed by atoms with E-state index in [0.717, 1.165) is 0 Å². The molecule has 0 fully saturated rings. The summed E-state index contributed by atoms with van der Waals surface area (Å²) < 4.78 is 0. The van der Waals surface area contributed by atoms with Crippen LogP contribution in [-0.4, -0.2) is 7.05 Å². The fourth-order valence-electron chi connectivity index (χ4n) is 2.00. The Morgan fingerprint density at radius 3 is 3.00 bits per heavy atom. The van der Waals surface area contributed by atoms with Crippen LogP contribution in [0.3, 0.4) is 0 Å². The highest BCUT2D eigenvalue weighted by Crippen LogP contribution is 2.29.